The van der Waals surface area contributed by atoms with Crippen LogP contribution in [0.25, 0.3) is 0 Å². The number of hydrogen-bond acceptors (Lipinski definition) is 2. The Bertz CT molecular complexity index is 498. The van der Waals surface area contributed by atoms with E-state index in [1.54, 1.807) is 11.0 Å². The minimum Gasteiger partial charge on any atom is -0.342 e. The molecule has 5 heteroatoms. The van der Waals surface area contributed by atoms with Crippen molar-refractivity contribution in [3.8, 4) is 6.07 Å². The average Bonchev–Trinajstić information content (AvgIpc) is 2.43. The lowest BCUT2D eigenvalue weighted by atomic mass is 9.98. The molecule has 3 nitrogen and oxygen atoms in total. The molecule has 1 aliphatic heterocycles. The van der Waals surface area contributed by atoms with Gasteiger partial charge in [0.2, 0.25) is 5.91 Å². The van der Waals surface area contributed by atoms with Crippen molar-refractivity contribution >= 4 is 17.5 Å². The second-order valence-corrected chi connectivity index (χ2v) is 5.07. The quantitative estimate of drug-likeness (QED) is 0.836. The number of nitrogens with zero attached hydrogens (tertiary/aromatic N) is 2. The number of amides is 1. The Balaban J connectivity index is 2.01. The number of carbonyl (C=O) groups excluding carboxylic acids is 1. The fourth-order valence-electron chi connectivity index (χ4n) is 2.22. The normalized spacial score (nSPS) is 16.2. The third-order valence-corrected chi connectivity index (χ3v) is 3.77. The van der Waals surface area contributed by atoms with Gasteiger partial charge in [0.1, 0.15) is 5.82 Å². The molecule has 0 bridgehead atoms. The maximum Gasteiger partial charge on any atom is 0.227 e. The molecular formula is C14H14ClFN2O. The van der Waals surface area contributed by atoms with Crippen molar-refractivity contribution in [3.05, 3.63) is 34.6 Å². The van der Waals surface area contributed by atoms with Gasteiger partial charge in [-0.1, -0.05) is 17.7 Å². The van der Waals surface area contributed by atoms with Crippen molar-refractivity contribution in [2.45, 2.75) is 19.3 Å². The van der Waals surface area contributed by atoms with Crippen LogP contribution in [0.5, 0.6) is 0 Å². The lowest BCUT2D eigenvalue weighted by molar-refractivity contribution is -0.131. The molecule has 0 N–H and O–H groups in total. The van der Waals surface area contributed by atoms with Gasteiger partial charge in [-0.15, -0.1) is 0 Å². The molecule has 100 valence electrons. The fourth-order valence-corrected chi connectivity index (χ4v) is 2.45. The molecule has 0 unspecified atom stereocenters. The van der Waals surface area contributed by atoms with Crippen molar-refractivity contribution in [3.63, 3.8) is 0 Å². The van der Waals surface area contributed by atoms with Gasteiger partial charge in [-0.25, -0.2) is 4.39 Å². The Morgan fingerprint density at radius 3 is 2.74 bits per heavy atom. The van der Waals surface area contributed by atoms with Gasteiger partial charge in [-0.05, 0) is 25.0 Å². The molecule has 1 saturated heterocycles. The van der Waals surface area contributed by atoms with Gasteiger partial charge in [0, 0.05) is 29.6 Å². The molecule has 19 heavy (non-hydrogen) atoms. The van der Waals surface area contributed by atoms with E-state index in [1.165, 1.54) is 12.1 Å². The van der Waals surface area contributed by atoms with Gasteiger partial charge >= 0.3 is 0 Å². The van der Waals surface area contributed by atoms with Gasteiger partial charge in [0.25, 0.3) is 0 Å². The molecule has 0 spiro atoms. The first kappa shape index (κ1) is 13.8. The second-order valence-electron chi connectivity index (χ2n) is 4.66. The van der Waals surface area contributed by atoms with Gasteiger partial charge in [0.05, 0.1) is 12.5 Å². The van der Waals surface area contributed by atoms with Crippen LogP contribution in [0, 0.1) is 23.1 Å². The molecule has 0 radical (unpaired) electrons. The molecule has 0 saturated carbocycles. The molecule has 1 aliphatic rings. The van der Waals surface area contributed by atoms with E-state index >= 15 is 0 Å². The highest BCUT2D eigenvalue weighted by Crippen LogP contribution is 2.22. The molecule has 1 aromatic rings. The van der Waals surface area contributed by atoms with Gasteiger partial charge in [-0.2, -0.15) is 5.26 Å². The average molecular weight is 281 g/mol. The third kappa shape index (κ3) is 3.24. The fraction of sp³-hybridized carbons (Fsp3) is 0.429. The van der Waals surface area contributed by atoms with Crippen LogP contribution in [0.15, 0.2) is 18.2 Å². The number of halogens is 2. The lowest BCUT2D eigenvalue weighted by Gasteiger charge is -2.29. The summed E-state index contributed by atoms with van der Waals surface area (Å²) in [6.07, 6.45) is 1.35. The van der Waals surface area contributed by atoms with E-state index in [-0.39, 0.29) is 28.8 Å². The first-order valence-electron chi connectivity index (χ1n) is 6.22. The summed E-state index contributed by atoms with van der Waals surface area (Å²) in [4.78, 5) is 13.8. The molecule has 2 rings (SSSR count). The third-order valence-electron chi connectivity index (χ3n) is 3.42. The lowest BCUT2D eigenvalue weighted by Crippen LogP contribution is -2.39. The van der Waals surface area contributed by atoms with E-state index in [9.17, 15) is 9.18 Å². The Morgan fingerprint density at radius 2 is 2.16 bits per heavy atom. The van der Waals surface area contributed by atoms with E-state index in [4.69, 9.17) is 16.9 Å². The second kappa shape index (κ2) is 6.03. The summed E-state index contributed by atoms with van der Waals surface area (Å²) in [6.45, 7) is 1.12. The summed E-state index contributed by atoms with van der Waals surface area (Å²) in [6, 6.07) is 6.61. The molecule has 0 aromatic heterocycles. The standard InChI is InChI=1S/C14H14ClFN2O/c15-12-2-1-3-13(16)11(12)8-14(19)18-6-4-10(9-17)5-7-18/h1-3,10H,4-8H2. The number of carbonyl (C=O) groups is 1. The Morgan fingerprint density at radius 1 is 1.47 bits per heavy atom. The van der Waals surface area contributed by atoms with Gasteiger partial charge in [0.15, 0.2) is 0 Å². The Kier molecular flexibility index (Phi) is 4.39. The zero-order chi connectivity index (χ0) is 13.8. The largest absolute Gasteiger partial charge is 0.342 e. The minimum atomic E-state index is -0.451. The number of piperidine rings is 1. The molecule has 1 amide bonds. The van der Waals surface area contributed by atoms with E-state index in [2.05, 4.69) is 6.07 Å². The number of nitriles is 1. The van der Waals surface area contributed by atoms with Crippen LogP contribution < -0.4 is 0 Å². The van der Waals surface area contributed by atoms with Crippen LogP contribution in [0.4, 0.5) is 4.39 Å². The summed E-state index contributed by atoms with van der Waals surface area (Å²) in [5.41, 5.74) is 0.247. The summed E-state index contributed by atoms with van der Waals surface area (Å²) >= 11 is 5.90. The van der Waals surface area contributed by atoms with Crippen LogP contribution in [0.3, 0.4) is 0 Å². The monoisotopic (exact) mass is 280 g/mol. The Labute approximate surface area is 116 Å². The van der Waals surface area contributed by atoms with Crippen molar-refractivity contribution in [2.75, 3.05) is 13.1 Å². The number of rotatable bonds is 2. The van der Waals surface area contributed by atoms with Crippen molar-refractivity contribution < 1.29 is 9.18 Å². The van der Waals surface area contributed by atoms with Crippen LogP contribution in [-0.4, -0.2) is 23.9 Å². The minimum absolute atomic E-state index is 0.0251. The predicted molar refractivity (Wildman–Crippen MR) is 70.0 cm³/mol. The summed E-state index contributed by atoms with van der Waals surface area (Å²) < 4.78 is 13.6. The SMILES string of the molecule is N#CC1CCN(C(=O)Cc2c(F)cccc2Cl)CC1. The predicted octanol–water partition coefficient (Wildman–Crippen LogP) is 2.78. The Hall–Kier alpha value is -1.60. The zero-order valence-corrected chi connectivity index (χ0v) is 11.2. The molecule has 1 heterocycles. The first-order valence-corrected chi connectivity index (χ1v) is 6.60. The molecule has 0 aliphatic carbocycles. The number of hydrogen-bond donors (Lipinski definition) is 0. The topological polar surface area (TPSA) is 44.1 Å². The van der Waals surface area contributed by atoms with Crippen LogP contribution in [0.2, 0.25) is 5.02 Å². The van der Waals surface area contributed by atoms with Gasteiger partial charge < -0.3 is 4.90 Å². The summed E-state index contributed by atoms with van der Waals surface area (Å²) in [7, 11) is 0. The molecule has 1 aromatic carbocycles. The van der Waals surface area contributed by atoms with Crippen molar-refractivity contribution in [2.24, 2.45) is 5.92 Å². The van der Waals surface area contributed by atoms with Crippen LogP contribution in [-0.2, 0) is 11.2 Å². The van der Waals surface area contributed by atoms with E-state index in [1.807, 2.05) is 0 Å². The van der Waals surface area contributed by atoms with Crippen LogP contribution >= 0.6 is 11.6 Å². The maximum absolute atomic E-state index is 13.6. The summed E-state index contributed by atoms with van der Waals surface area (Å²) in [5.74, 6) is -0.558. The molecule has 1 fully saturated rings. The van der Waals surface area contributed by atoms with Gasteiger partial charge in [-0.3, -0.25) is 4.79 Å². The number of benzene rings is 1. The molecular weight excluding hydrogens is 267 g/mol. The van der Waals surface area contributed by atoms with Crippen LogP contribution in [0.1, 0.15) is 18.4 Å². The maximum atomic E-state index is 13.6. The highest BCUT2D eigenvalue weighted by atomic mass is 35.5. The van der Waals surface area contributed by atoms with E-state index in [0.29, 0.717) is 25.9 Å². The van der Waals surface area contributed by atoms with Crippen molar-refractivity contribution in [1.29, 1.82) is 5.26 Å². The first-order chi connectivity index (χ1) is 9.11. The molecule has 0 atom stereocenters. The van der Waals surface area contributed by atoms with E-state index in [0.717, 1.165) is 0 Å². The zero-order valence-electron chi connectivity index (χ0n) is 10.4. The van der Waals surface area contributed by atoms with Crippen molar-refractivity contribution in [1.82, 2.24) is 4.90 Å². The highest BCUT2D eigenvalue weighted by Gasteiger charge is 2.23. The highest BCUT2D eigenvalue weighted by molar-refractivity contribution is 6.31. The summed E-state index contributed by atoms with van der Waals surface area (Å²) in [5, 5.41) is 9.08. The van der Waals surface area contributed by atoms with E-state index < -0.39 is 5.82 Å². The number of likely N-dealkylation sites (tertiary alicyclic amines) is 1. The smallest absolute Gasteiger partial charge is 0.227 e.